The fraction of sp³-hybridized carbons (Fsp3) is 0.111. The van der Waals surface area contributed by atoms with Crippen molar-refractivity contribution in [3.8, 4) is 11.3 Å². The van der Waals surface area contributed by atoms with Gasteiger partial charge < -0.3 is 0 Å². The van der Waals surface area contributed by atoms with Gasteiger partial charge in [0.1, 0.15) is 0 Å². The zero-order valence-corrected chi connectivity index (χ0v) is 12.6. The third-order valence-electron chi connectivity index (χ3n) is 3.53. The van der Waals surface area contributed by atoms with Gasteiger partial charge in [-0.25, -0.2) is 4.98 Å². The van der Waals surface area contributed by atoms with E-state index in [1.54, 1.807) is 6.07 Å². The molecule has 3 aromatic rings. The van der Waals surface area contributed by atoms with Crippen molar-refractivity contribution in [2.75, 3.05) is 0 Å². The van der Waals surface area contributed by atoms with Gasteiger partial charge in [-0.2, -0.15) is 0 Å². The summed E-state index contributed by atoms with van der Waals surface area (Å²) in [5.74, 6) is 0. The molecule has 0 radical (unpaired) electrons. The number of carbonyl (C=O) groups excluding carboxylic acids is 1. The number of benzene rings is 2. The number of fused-ring (bicyclic) bond motifs is 1. The minimum atomic E-state index is -0.454. The second kappa shape index (κ2) is 5.30. The molecule has 0 fully saturated rings. The van der Waals surface area contributed by atoms with E-state index >= 15 is 0 Å². The normalized spacial score (nSPS) is 10.8. The van der Waals surface area contributed by atoms with E-state index in [-0.39, 0.29) is 0 Å². The minimum absolute atomic E-state index is 0.454. The molecule has 21 heavy (non-hydrogen) atoms. The van der Waals surface area contributed by atoms with Crippen LogP contribution in [0.3, 0.4) is 0 Å². The summed E-state index contributed by atoms with van der Waals surface area (Å²) in [6.45, 7) is 4.00. The molecule has 0 spiro atoms. The van der Waals surface area contributed by atoms with Gasteiger partial charge >= 0.3 is 0 Å². The lowest BCUT2D eigenvalue weighted by molar-refractivity contribution is 0.108. The highest BCUT2D eigenvalue weighted by Gasteiger charge is 2.14. The number of aryl methyl sites for hydroxylation is 2. The lowest BCUT2D eigenvalue weighted by Crippen LogP contribution is -1.98. The molecule has 0 N–H and O–H groups in total. The van der Waals surface area contributed by atoms with Crippen molar-refractivity contribution in [2.45, 2.75) is 13.8 Å². The molecule has 0 aliphatic rings. The van der Waals surface area contributed by atoms with Crippen molar-refractivity contribution in [3.05, 3.63) is 65.2 Å². The molecule has 2 nitrogen and oxygen atoms in total. The molecule has 0 saturated heterocycles. The fourth-order valence-electron chi connectivity index (χ4n) is 2.60. The van der Waals surface area contributed by atoms with Crippen molar-refractivity contribution in [3.63, 3.8) is 0 Å². The molecule has 0 aliphatic carbocycles. The van der Waals surface area contributed by atoms with E-state index in [0.29, 0.717) is 5.56 Å². The Bertz CT molecular complexity index is 841. The van der Waals surface area contributed by atoms with Crippen LogP contribution in [-0.4, -0.2) is 10.2 Å². The van der Waals surface area contributed by atoms with Crippen LogP contribution >= 0.6 is 11.6 Å². The van der Waals surface area contributed by atoms with E-state index in [0.717, 1.165) is 33.3 Å². The van der Waals surface area contributed by atoms with Crippen LogP contribution in [0.5, 0.6) is 0 Å². The van der Waals surface area contributed by atoms with E-state index in [1.165, 1.54) is 0 Å². The first-order chi connectivity index (χ1) is 10.1. The molecule has 1 aromatic heterocycles. The Labute approximate surface area is 128 Å². The van der Waals surface area contributed by atoms with Crippen molar-refractivity contribution >= 4 is 27.7 Å². The smallest absolute Gasteiger partial charge is 0.253 e. The Morgan fingerprint density at radius 1 is 1.05 bits per heavy atom. The Balaban J connectivity index is 2.38. The van der Waals surface area contributed by atoms with Crippen LogP contribution < -0.4 is 0 Å². The van der Waals surface area contributed by atoms with E-state index in [9.17, 15) is 4.79 Å². The van der Waals surface area contributed by atoms with Gasteiger partial charge in [-0.05, 0) is 43.1 Å². The molecule has 0 bridgehead atoms. The number of pyridine rings is 1. The summed E-state index contributed by atoms with van der Waals surface area (Å²) in [5.41, 5.74) is 5.20. The molecule has 2 aromatic carbocycles. The van der Waals surface area contributed by atoms with Gasteiger partial charge in [-0.3, -0.25) is 4.79 Å². The maximum absolute atomic E-state index is 11.8. The molecule has 0 amide bonds. The molecular formula is C18H14ClNO. The molecule has 3 heteroatoms. The van der Waals surface area contributed by atoms with E-state index < -0.39 is 5.24 Å². The number of hydrogen-bond acceptors (Lipinski definition) is 2. The van der Waals surface area contributed by atoms with Gasteiger partial charge in [0, 0.05) is 16.5 Å². The van der Waals surface area contributed by atoms with Crippen LogP contribution in [0.4, 0.5) is 0 Å². The molecule has 3 rings (SSSR count). The number of hydrogen-bond donors (Lipinski definition) is 0. The number of nitrogens with zero attached hydrogens (tertiary/aromatic N) is 1. The minimum Gasteiger partial charge on any atom is -0.276 e. The van der Waals surface area contributed by atoms with Gasteiger partial charge in [-0.15, -0.1) is 0 Å². The first kappa shape index (κ1) is 13.8. The van der Waals surface area contributed by atoms with Crippen LogP contribution in [0.25, 0.3) is 22.2 Å². The lowest BCUT2D eigenvalue weighted by Gasteiger charge is -2.10. The molecule has 1 heterocycles. The molecule has 0 unspecified atom stereocenters. The highest BCUT2D eigenvalue weighted by atomic mass is 35.5. The van der Waals surface area contributed by atoms with Crippen LogP contribution in [0, 0.1) is 13.8 Å². The average Bonchev–Trinajstić information content (AvgIpc) is 2.47. The summed E-state index contributed by atoms with van der Waals surface area (Å²) in [6.07, 6.45) is 0. The molecular weight excluding hydrogens is 282 g/mol. The monoisotopic (exact) mass is 295 g/mol. The first-order valence-electron chi connectivity index (χ1n) is 6.73. The molecule has 0 aliphatic heterocycles. The standard InChI is InChI=1S/C18H14ClNO/c1-11-8-12(2)17-14(9-11)15(18(19)21)10-16(20-17)13-6-4-3-5-7-13/h3-10H,1-2H3. The van der Waals surface area contributed by atoms with Crippen molar-refractivity contribution < 1.29 is 4.79 Å². The van der Waals surface area contributed by atoms with Gasteiger partial charge in [0.25, 0.3) is 5.24 Å². The fourth-order valence-corrected chi connectivity index (χ4v) is 2.76. The van der Waals surface area contributed by atoms with E-state index in [1.807, 2.05) is 50.2 Å². The van der Waals surface area contributed by atoms with Crippen molar-refractivity contribution in [1.29, 1.82) is 0 Å². The van der Waals surface area contributed by atoms with Crippen molar-refractivity contribution in [2.24, 2.45) is 0 Å². The van der Waals surface area contributed by atoms with Crippen LogP contribution in [0.15, 0.2) is 48.5 Å². The van der Waals surface area contributed by atoms with Gasteiger partial charge in [0.2, 0.25) is 0 Å². The SMILES string of the molecule is Cc1cc(C)c2nc(-c3ccccc3)cc(C(=O)Cl)c2c1. The largest absolute Gasteiger partial charge is 0.276 e. The maximum Gasteiger partial charge on any atom is 0.253 e. The first-order valence-corrected chi connectivity index (χ1v) is 7.11. The molecule has 104 valence electrons. The summed E-state index contributed by atoms with van der Waals surface area (Å²) in [5, 5.41) is 0.358. The molecule has 0 atom stereocenters. The topological polar surface area (TPSA) is 30.0 Å². The van der Waals surface area contributed by atoms with Crippen LogP contribution in [-0.2, 0) is 0 Å². The van der Waals surface area contributed by atoms with Crippen molar-refractivity contribution in [1.82, 2.24) is 4.98 Å². The number of carbonyl (C=O) groups is 1. The highest BCUT2D eigenvalue weighted by molar-refractivity contribution is 6.68. The average molecular weight is 296 g/mol. The highest BCUT2D eigenvalue weighted by Crippen LogP contribution is 2.28. The third kappa shape index (κ3) is 2.55. The predicted molar refractivity (Wildman–Crippen MR) is 86.8 cm³/mol. The Morgan fingerprint density at radius 2 is 1.76 bits per heavy atom. The Hall–Kier alpha value is -2.19. The quantitative estimate of drug-likeness (QED) is 0.630. The van der Waals surface area contributed by atoms with Gasteiger partial charge in [0.05, 0.1) is 11.2 Å². The van der Waals surface area contributed by atoms with Crippen LogP contribution in [0.2, 0.25) is 0 Å². The van der Waals surface area contributed by atoms with Crippen LogP contribution in [0.1, 0.15) is 21.5 Å². The Kier molecular flexibility index (Phi) is 3.48. The lowest BCUT2D eigenvalue weighted by atomic mass is 10.0. The number of halogens is 1. The zero-order chi connectivity index (χ0) is 15.0. The predicted octanol–water partition coefficient (Wildman–Crippen LogP) is 4.90. The zero-order valence-electron chi connectivity index (χ0n) is 11.9. The second-order valence-corrected chi connectivity index (χ2v) is 5.52. The summed E-state index contributed by atoms with van der Waals surface area (Å²) in [4.78, 5) is 16.5. The summed E-state index contributed by atoms with van der Waals surface area (Å²) >= 11 is 5.78. The maximum atomic E-state index is 11.8. The number of aromatic nitrogens is 1. The van der Waals surface area contributed by atoms with E-state index in [2.05, 4.69) is 6.07 Å². The number of rotatable bonds is 2. The Morgan fingerprint density at radius 3 is 2.43 bits per heavy atom. The third-order valence-corrected chi connectivity index (χ3v) is 3.73. The summed E-state index contributed by atoms with van der Waals surface area (Å²) in [6, 6.07) is 15.6. The van der Waals surface area contributed by atoms with E-state index in [4.69, 9.17) is 16.6 Å². The summed E-state index contributed by atoms with van der Waals surface area (Å²) in [7, 11) is 0. The van der Waals surface area contributed by atoms with Gasteiger partial charge in [-0.1, -0.05) is 42.0 Å². The second-order valence-electron chi connectivity index (χ2n) is 5.17. The summed E-state index contributed by atoms with van der Waals surface area (Å²) < 4.78 is 0. The molecule has 0 saturated carbocycles. The van der Waals surface area contributed by atoms with Gasteiger partial charge in [0.15, 0.2) is 0 Å².